The van der Waals surface area contributed by atoms with E-state index >= 15 is 0 Å². The van der Waals surface area contributed by atoms with E-state index in [2.05, 4.69) is 42.5 Å². The minimum Gasteiger partial charge on any atom is -0.480 e. The largest absolute Gasteiger partial charge is 0.480 e. The summed E-state index contributed by atoms with van der Waals surface area (Å²) in [5.41, 5.74) is 5.90. The third-order valence-electron chi connectivity index (χ3n) is 10.7. The van der Waals surface area contributed by atoms with E-state index < -0.39 is 132 Å². The van der Waals surface area contributed by atoms with Crippen molar-refractivity contribution in [3.05, 3.63) is 0 Å². The van der Waals surface area contributed by atoms with Crippen LogP contribution in [0.1, 0.15) is 123 Å². The summed E-state index contributed by atoms with van der Waals surface area (Å²) in [6.45, 7) is 22.6. The van der Waals surface area contributed by atoms with Gasteiger partial charge in [0.25, 0.3) is 0 Å². The number of aliphatic hydroxyl groups is 2. The predicted molar refractivity (Wildman–Crippen MR) is 243 cm³/mol. The van der Waals surface area contributed by atoms with Crippen LogP contribution in [-0.4, -0.2) is 136 Å². The molecule has 0 aromatic rings. The molecule has 0 spiro atoms. The summed E-state index contributed by atoms with van der Waals surface area (Å²) in [5, 5.41) is 50.7. The van der Waals surface area contributed by atoms with Crippen molar-refractivity contribution in [2.75, 3.05) is 6.61 Å². The second kappa shape index (κ2) is 28.9. The molecule has 13 N–H and O–H groups in total. The van der Waals surface area contributed by atoms with Gasteiger partial charge in [-0.1, -0.05) is 89.5 Å². The zero-order valence-electron chi connectivity index (χ0n) is 40.9. The minimum absolute atomic E-state index is 0.0458. The fourth-order valence-corrected chi connectivity index (χ4v) is 6.46. The summed E-state index contributed by atoms with van der Waals surface area (Å²) in [7, 11) is 0. The maximum Gasteiger partial charge on any atom is 0.326 e. The summed E-state index contributed by atoms with van der Waals surface area (Å²) in [6, 6.07) is -11.4. The van der Waals surface area contributed by atoms with Gasteiger partial charge in [0.05, 0.1) is 18.8 Å². The smallest absolute Gasteiger partial charge is 0.326 e. The second-order valence-electron chi connectivity index (χ2n) is 19.0. The standard InChI is InChI=1S/C44H81N9O12/c1-15-25(12)34(52-36(56)26(13)46-41(61)32(45)23(8)9)42(62)53-35(27(14)55)43(63)49-29(17-21(4)5)37(57)47-28(16-20(2)3)38(58)50-31(19-54)40(60)48-30(18-22(6)7)39(59)51-33(24(10)11)44(64)65/h20-35,54-55H,15-19,45H2,1-14H3,(H,46,61)(H,47,57)(H,48,60)(H,49,63)(H,50,58)(H,51,59)(H,52,56)(H,53,62)(H,64,65)/t25-,26-,27+,28-,29-,30-,31-,32-,33-,34-,35-/m0/s1. The summed E-state index contributed by atoms with van der Waals surface area (Å²) in [6.07, 6.45) is -0.883. The van der Waals surface area contributed by atoms with Crippen molar-refractivity contribution in [2.45, 2.75) is 183 Å². The zero-order chi connectivity index (χ0) is 50.6. The molecule has 65 heavy (non-hydrogen) atoms. The molecular weight excluding hydrogens is 847 g/mol. The molecular formula is C44H81N9O12. The van der Waals surface area contributed by atoms with Crippen LogP contribution in [0.2, 0.25) is 0 Å². The Morgan fingerprint density at radius 1 is 0.446 bits per heavy atom. The van der Waals surface area contributed by atoms with Gasteiger partial charge in [0.1, 0.15) is 48.3 Å². The van der Waals surface area contributed by atoms with E-state index in [1.165, 1.54) is 13.8 Å². The predicted octanol–water partition coefficient (Wildman–Crippen LogP) is -0.834. The van der Waals surface area contributed by atoms with Crippen molar-refractivity contribution in [2.24, 2.45) is 41.2 Å². The molecule has 0 aliphatic heterocycles. The van der Waals surface area contributed by atoms with Gasteiger partial charge >= 0.3 is 5.97 Å². The van der Waals surface area contributed by atoms with Crippen molar-refractivity contribution in [3.63, 3.8) is 0 Å². The number of aliphatic carboxylic acids is 1. The third kappa shape index (κ3) is 21.3. The third-order valence-corrected chi connectivity index (χ3v) is 10.7. The van der Waals surface area contributed by atoms with Crippen LogP contribution in [0.5, 0.6) is 0 Å². The van der Waals surface area contributed by atoms with Crippen LogP contribution in [0.15, 0.2) is 0 Å². The van der Waals surface area contributed by atoms with Crippen LogP contribution in [0.3, 0.4) is 0 Å². The Hall–Kier alpha value is -4.89. The van der Waals surface area contributed by atoms with E-state index in [0.29, 0.717) is 6.42 Å². The lowest BCUT2D eigenvalue weighted by molar-refractivity contribution is -0.143. The normalized spacial score (nSPS) is 16.7. The second-order valence-corrected chi connectivity index (χ2v) is 19.0. The molecule has 11 atom stereocenters. The van der Waals surface area contributed by atoms with Gasteiger partial charge in [0.15, 0.2) is 0 Å². The summed E-state index contributed by atoms with van der Waals surface area (Å²) >= 11 is 0. The number of hydrogen-bond donors (Lipinski definition) is 12. The lowest BCUT2D eigenvalue weighted by Crippen LogP contribution is -2.62. The number of carbonyl (C=O) groups is 9. The molecule has 0 heterocycles. The Morgan fingerprint density at radius 3 is 1.15 bits per heavy atom. The van der Waals surface area contributed by atoms with Gasteiger partial charge in [-0.05, 0) is 68.6 Å². The van der Waals surface area contributed by atoms with Crippen molar-refractivity contribution in [1.29, 1.82) is 0 Å². The molecule has 0 unspecified atom stereocenters. The Labute approximate surface area is 384 Å². The first-order chi connectivity index (χ1) is 30.0. The number of amides is 8. The molecule has 0 radical (unpaired) electrons. The molecule has 374 valence electrons. The Balaban J connectivity index is 6.32. The average molecular weight is 928 g/mol. The minimum atomic E-state index is -1.62. The van der Waals surface area contributed by atoms with Crippen molar-refractivity contribution in [1.82, 2.24) is 42.5 Å². The highest BCUT2D eigenvalue weighted by Crippen LogP contribution is 2.13. The number of aliphatic hydroxyl groups excluding tert-OH is 2. The van der Waals surface area contributed by atoms with Gasteiger partial charge in [-0.25, -0.2) is 4.79 Å². The molecule has 21 nitrogen and oxygen atoms in total. The molecule has 0 rings (SSSR count). The number of nitrogens with two attached hydrogens (primary N) is 1. The SMILES string of the molecule is CC[C@H](C)[C@H](NC(=O)[C@H](C)NC(=O)[C@@H](N)C(C)C)C(=O)N[C@H](C(=O)N[C@@H](CC(C)C)C(=O)N[C@@H](CC(C)C)C(=O)N[C@@H](CO)C(=O)N[C@@H](CC(C)C)C(=O)N[C@H](C(=O)O)C(C)C)[C@@H](C)O. The average Bonchev–Trinajstić information content (AvgIpc) is 3.19. The van der Waals surface area contributed by atoms with Crippen LogP contribution in [0.4, 0.5) is 0 Å². The van der Waals surface area contributed by atoms with Crippen LogP contribution in [0, 0.1) is 35.5 Å². The molecule has 0 aromatic heterocycles. The Kier molecular flexibility index (Phi) is 26.7. The van der Waals surface area contributed by atoms with E-state index in [0.717, 1.165) is 0 Å². The molecule has 21 heteroatoms. The van der Waals surface area contributed by atoms with Gasteiger partial charge in [-0.2, -0.15) is 0 Å². The van der Waals surface area contributed by atoms with Crippen molar-refractivity contribution >= 4 is 53.2 Å². The van der Waals surface area contributed by atoms with E-state index in [1.807, 2.05) is 0 Å². The number of rotatable bonds is 29. The summed E-state index contributed by atoms with van der Waals surface area (Å²) in [5.74, 6) is -9.32. The van der Waals surface area contributed by atoms with Crippen LogP contribution in [0.25, 0.3) is 0 Å². The first-order valence-corrected chi connectivity index (χ1v) is 22.7. The molecule has 0 aromatic carbocycles. The number of carboxylic acid groups (broad SMARTS) is 1. The highest BCUT2D eigenvalue weighted by Gasteiger charge is 2.37. The van der Waals surface area contributed by atoms with Gasteiger partial charge in [0.2, 0.25) is 47.3 Å². The molecule has 0 bridgehead atoms. The molecule has 8 amide bonds. The highest BCUT2D eigenvalue weighted by atomic mass is 16.4. The number of hydrogen-bond acceptors (Lipinski definition) is 12. The van der Waals surface area contributed by atoms with Crippen LogP contribution in [-0.2, 0) is 43.2 Å². The Bertz CT molecular complexity index is 1610. The van der Waals surface area contributed by atoms with Gasteiger partial charge in [-0.15, -0.1) is 0 Å². The van der Waals surface area contributed by atoms with E-state index in [1.54, 1.807) is 83.1 Å². The number of nitrogens with one attached hydrogen (secondary N) is 8. The zero-order valence-corrected chi connectivity index (χ0v) is 40.9. The van der Waals surface area contributed by atoms with Gasteiger partial charge in [0, 0.05) is 0 Å². The highest BCUT2D eigenvalue weighted by molar-refractivity contribution is 5.98. The fraction of sp³-hybridized carbons (Fsp3) is 0.795. The molecule has 0 saturated heterocycles. The maximum atomic E-state index is 13.9. The van der Waals surface area contributed by atoms with E-state index in [9.17, 15) is 58.5 Å². The molecule has 0 fully saturated rings. The number of carboxylic acids is 1. The molecule has 0 saturated carbocycles. The van der Waals surface area contributed by atoms with Gasteiger partial charge in [-0.3, -0.25) is 38.4 Å². The van der Waals surface area contributed by atoms with E-state index in [4.69, 9.17) is 5.73 Å². The quantitative estimate of drug-likeness (QED) is 0.0436. The lowest BCUT2D eigenvalue weighted by Gasteiger charge is -2.30. The van der Waals surface area contributed by atoms with Crippen LogP contribution < -0.4 is 48.3 Å². The van der Waals surface area contributed by atoms with Crippen molar-refractivity contribution in [3.8, 4) is 0 Å². The van der Waals surface area contributed by atoms with E-state index in [-0.39, 0.29) is 42.9 Å². The first kappa shape index (κ1) is 60.1. The topological polar surface area (TPSA) is 337 Å². The summed E-state index contributed by atoms with van der Waals surface area (Å²) in [4.78, 5) is 119. The lowest BCUT2D eigenvalue weighted by atomic mass is 9.97. The van der Waals surface area contributed by atoms with Gasteiger partial charge < -0.3 is 63.6 Å². The number of carbonyl (C=O) groups excluding carboxylic acids is 8. The monoisotopic (exact) mass is 928 g/mol. The molecule has 0 aliphatic carbocycles. The van der Waals surface area contributed by atoms with Crippen LogP contribution >= 0.6 is 0 Å². The molecule has 0 aliphatic rings. The summed E-state index contributed by atoms with van der Waals surface area (Å²) < 4.78 is 0. The maximum absolute atomic E-state index is 13.9. The fourth-order valence-electron chi connectivity index (χ4n) is 6.46. The van der Waals surface area contributed by atoms with Crippen molar-refractivity contribution < 1.29 is 58.5 Å². The first-order valence-electron chi connectivity index (χ1n) is 22.7. The Morgan fingerprint density at radius 2 is 0.800 bits per heavy atom.